The molecule has 2 bridgehead atoms. The molecule has 57 heavy (non-hydrogen) atoms. The number of benzene rings is 4. The number of carboxylic acid groups (broad SMARTS) is 1. The lowest BCUT2D eigenvalue weighted by atomic mass is 9.99. The summed E-state index contributed by atoms with van der Waals surface area (Å²) in [5, 5.41) is 23.1. The van der Waals surface area contributed by atoms with E-state index in [1.54, 1.807) is 30.3 Å². The molecule has 0 spiro atoms. The number of nitrogens with one attached hydrogen (secondary N) is 4. The van der Waals surface area contributed by atoms with Gasteiger partial charge >= 0.3 is 5.97 Å². The molecule has 4 atom stereocenters. The fourth-order valence-corrected chi connectivity index (χ4v) is 7.16. The summed E-state index contributed by atoms with van der Waals surface area (Å²) in [5.41, 5.74) is 4.39. The number of carbonyl (C=O) groups excluding carboxylic acids is 4. The highest BCUT2D eigenvalue weighted by Gasteiger charge is 2.32. The topological polar surface area (TPSA) is 163 Å². The predicted octanol–water partition coefficient (Wildman–Crippen LogP) is 5.35. The van der Waals surface area contributed by atoms with Crippen molar-refractivity contribution < 1.29 is 33.8 Å². The van der Waals surface area contributed by atoms with Crippen LogP contribution in [0.2, 0.25) is 0 Å². The van der Waals surface area contributed by atoms with Crippen LogP contribution >= 0.6 is 11.3 Å². The SMILES string of the molecule is O=C1COc2ccc(cc2)CC[C@@H](C(=O)O)NC(=O)[C@@H](C/C=C/c2ccccc2)NC(=O)[C@H](Cc2ccc(-c3ccccc3)cc2)NC(=O)C(Cc2cccs2)N1. The minimum absolute atomic E-state index is 0.0315. The van der Waals surface area contributed by atoms with Crippen LogP contribution in [0.3, 0.4) is 0 Å². The van der Waals surface area contributed by atoms with Crippen LogP contribution in [0.4, 0.5) is 0 Å². The maximum Gasteiger partial charge on any atom is 0.326 e. The van der Waals surface area contributed by atoms with E-state index in [9.17, 15) is 29.1 Å². The van der Waals surface area contributed by atoms with Gasteiger partial charge in [-0.3, -0.25) is 19.2 Å². The summed E-state index contributed by atoms with van der Waals surface area (Å²) in [4.78, 5) is 68.8. The number of aliphatic carboxylic acids is 1. The zero-order valence-electron chi connectivity index (χ0n) is 31.1. The van der Waals surface area contributed by atoms with E-state index in [0.29, 0.717) is 12.2 Å². The van der Waals surface area contributed by atoms with E-state index in [4.69, 9.17) is 4.74 Å². The van der Waals surface area contributed by atoms with Crippen LogP contribution in [0.1, 0.15) is 34.4 Å². The van der Waals surface area contributed by atoms with Crippen LogP contribution in [0, 0.1) is 0 Å². The molecule has 5 aromatic rings. The third-order valence-electron chi connectivity index (χ3n) is 9.52. The van der Waals surface area contributed by atoms with Gasteiger partial charge in [-0.05, 0) is 70.7 Å². The maximum atomic E-state index is 14.3. The zero-order valence-corrected chi connectivity index (χ0v) is 32.0. The first kappa shape index (κ1) is 40.1. The highest BCUT2D eigenvalue weighted by atomic mass is 32.1. The number of fused-ring (bicyclic) bond motifs is 17. The Hall–Kier alpha value is -6.53. The number of aryl methyl sites for hydroxylation is 1. The van der Waals surface area contributed by atoms with Gasteiger partial charge in [-0.15, -0.1) is 11.3 Å². The fourth-order valence-electron chi connectivity index (χ4n) is 6.41. The highest BCUT2D eigenvalue weighted by Crippen LogP contribution is 2.21. The van der Waals surface area contributed by atoms with Gasteiger partial charge in [0.15, 0.2) is 6.61 Å². The monoisotopic (exact) mass is 784 g/mol. The van der Waals surface area contributed by atoms with Crippen molar-refractivity contribution in [3.05, 3.63) is 154 Å². The predicted molar refractivity (Wildman–Crippen MR) is 219 cm³/mol. The molecule has 7 rings (SSSR count). The van der Waals surface area contributed by atoms with Crippen LogP contribution in [-0.2, 0) is 43.2 Å². The van der Waals surface area contributed by atoms with Crippen molar-refractivity contribution >= 4 is 47.0 Å². The molecule has 2 aliphatic rings. The molecule has 4 amide bonds. The Morgan fingerprint density at radius 1 is 0.684 bits per heavy atom. The number of hydrogen-bond acceptors (Lipinski definition) is 7. The number of ether oxygens (including phenoxy) is 1. The number of carboxylic acids is 1. The second-order valence-electron chi connectivity index (χ2n) is 13.7. The molecule has 4 aromatic carbocycles. The van der Waals surface area contributed by atoms with Crippen LogP contribution < -0.4 is 26.0 Å². The lowest BCUT2D eigenvalue weighted by Crippen LogP contribution is -2.58. The quantitative estimate of drug-likeness (QED) is 0.126. The van der Waals surface area contributed by atoms with E-state index >= 15 is 0 Å². The van der Waals surface area contributed by atoms with Crippen molar-refractivity contribution in [3.8, 4) is 16.9 Å². The Balaban J connectivity index is 1.32. The normalized spacial score (nSPS) is 19.8. The van der Waals surface area contributed by atoms with Crippen molar-refractivity contribution in [1.29, 1.82) is 0 Å². The van der Waals surface area contributed by atoms with E-state index in [1.807, 2.05) is 109 Å². The molecule has 0 saturated carbocycles. The average molecular weight is 785 g/mol. The van der Waals surface area contributed by atoms with E-state index in [1.165, 1.54) is 11.3 Å². The Bertz CT molecular complexity index is 2140. The summed E-state index contributed by atoms with van der Waals surface area (Å²) in [5.74, 6) is -3.29. The van der Waals surface area contributed by atoms with Gasteiger partial charge < -0.3 is 31.1 Å². The van der Waals surface area contributed by atoms with Gasteiger partial charge in [-0.25, -0.2) is 4.79 Å². The molecule has 12 heteroatoms. The van der Waals surface area contributed by atoms with Gasteiger partial charge in [0.2, 0.25) is 17.7 Å². The first-order valence-electron chi connectivity index (χ1n) is 18.7. The van der Waals surface area contributed by atoms with Gasteiger partial charge in [0.05, 0.1) is 0 Å². The Kier molecular flexibility index (Phi) is 14.0. The summed E-state index contributed by atoms with van der Waals surface area (Å²) in [6.45, 7) is -0.365. The lowest BCUT2D eigenvalue weighted by molar-refractivity contribution is -0.142. The standard InChI is InChI=1S/C45H44N4O7S/c50-41-29-56-35-23-18-31(19-24-35)20-25-38(45(54)55)48-42(51)37(15-7-11-30-9-3-1-4-10-30)47-43(52)39(49-44(53)40(46-41)28-36-14-8-26-57-36)27-32-16-21-34(22-17-32)33-12-5-2-6-13-33/h1-14,16-19,21-24,26,37-40H,15,20,25,27-29H2,(H,46,50)(H,47,52)(H,48,51)(H,49,53)(H,54,55)/b11-7+/t37-,38+,39+,40?/m1/s1. The average Bonchev–Trinajstić information content (AvgIpc) is 3.75. The molecule has 0 aliphatic carbocycles. The van der Waals surface area contributed by atoms with E-state index in [2.05, 4.69) is 21.3 Å². The molecule has 5 N–H and O–H groups in total. The van der Waals surface area contributed by atoms with Gasteiger partial charge in [0.1, 0.15) is 29.9 Å². The van der Waals surface area contributed by atoms with Gasteiger partial charge in [-0.1, -0.05) is 115 Å². The van der Waals surface area contributed by atoms with Crippen LogP contribution in [-0.4, -0.2) is 65.5 Å². The number of thiophene rings is 1. The maximum absolute atomic E-state index is 14.3. The summed E-state index contributed by atoms with van der Waals surface area (Å²) in [6.07, 6.45) is 4.19. The molecule has 292 valence electrons. The largest absolute Gasteiger partial charge is 0.484 e. The minimum Gasteiger partial charge on any atom is -0.484 e. The Labute approximate surface area is 335 Å². The number of carbonyl (C=O) groups is 5. The van der Waals surface area contributed by atoms with Crippen LogP contribution in [0.25, 0.3) is 17.2 Å². The first-order chi connectivity index (χ1) is 27.7. The van der Waals surface area contributed by atoms with Crippen LogP contribution in [0.5, 0.6) is 5.75 Å². The van der Waals surface area contributed by atoms with Gasteiger partial charge in [0, 0.05) is 17.7 Å². The van der Waals surface area contributed by atoms with E-state index in [0.717, 1.165) is 32.7 Å². The summed E-state index contributed by atoms with van der Waals surface area (Å²) in [7, 11) is 0. The molecule has 1 aromatic heterocycles. The molecule has 2 aliphatic heterocycles. The fraction of sp³-hybridized carbons (Fsp3) is 0.222. The lowest BCUT2D eigenvalue weighted by Gasteiger charge is -2.26. The molecule has 0 saturated heterocycles. The van der Waals surface area contributed by atoms with Gasteiger partial charge in [-0.2, -0.15) is 0 Å². The number of rotatable bonds is 9. The second-order valence-corrected chi connectivity index (χ2v) is 14.7. The zero-order chi connectivity index (χ0) is 40.0. The van der Waals surface area contributed by atoms with Crippen molar-refractivity contribution in [1.82, 2.24) is 21.3 Å². The highest BCUT2D eigenvalue weighted by molar-refractivity contribution is 7.09. The third-order valence-corrected chi connectivity index (χ3v) is 10.4. The first-order valence-corrected chi connectivity index (χ1v) is 19.6. The second kappa shape index (κ2) is 19.9. The molecular formula is C45H44N4O7S. The van der Waals surface area contributed by atoms with Crippen molar-refractivity contribution in [2.24, 2.45) is 0 Å². The van der Waals surface area contributed by atoms with E-state index < -0.39 is 53.8 Å². The smallest absolute Gasteiger partial charge is 0.326 e. The number of hydrogen-bond donors (Lipinski definition) is 5. The van der Waals surface area contributed by atoms with Crippen molar-refractivity contribution in [2.75, 3.05) is 6.61 Å². The summed E-state index contributed by atoms with van der Waals surface area (Å²) in [6, 6.07) is 32.7. The van der Waals surface area contributed by atoms with E-state index in [-0.39, 0.29) is 32.3 Å². The molecule has 3 heterocycles. The Morgan fingerprint density at radius 3 is 1.98 bits per heavy atom. The van der Waals surface area contributed by atoms with Crippen molar-refractivity contribution in [2.45, 2.75) is 56.3 Å². The third kappa shape index (κ3) is 12.0. The number of amides is 4. The molecule has 0 radical (unpaired) electrons. The summed E-state index contributed by atoms with van der Waals surface area (Å²) < 4.78 is 5.71. The minimum atomic E-state index is -1.25. The van der Waals surface area contributed by atoms with Crippen LogP contribution in [0.15, 0.2) is 133 Å². The molecule has 11 nitrogen and oxygen atoms in total. The van der Waals surface area contributed by atoms with Gasteiger partial charge in [0.25, 0.3) is 5.91 Å². The molecular weight excluding hydrogens is 741 g/mol. The molecule has 0 fully saturated rings. The molecule has 1 unspecified atom stereocenters. The summed E-state index contributed by atoms with van der Waals surface area (Å²) >= 11 is 1.43. The Morgan fingerprint density at radius 2 is 1.32 bits per heavy atom. The van der Waals surface area contributed by atoms with Crippen molar-refractivity contribution in [3.63, 3.8) is 0 Å².